The molecule has 13 heavy (non-hydrogen) atoms. The number of β-amino-alcohol motifs (C(OH)–C–C–N with tert-alkyl or cyclic N) is 1. The molecule has 0 spiro atoms. The SMILES string of the molecule is CC(C)(C)SCC(=O)N1CC(O)C1. The predicted molar refractivity (Wildman–Crippen MR) is 54.8 cm³/mol. The van der Waals surface area contributed by atoms with E-state index in [0.717, 1.165) is 0 Å². The highest BCUT2D eigenvalue weighted by Gasteiger charge is 2.29. The van der Waals surface area contributed by atoms with E-state index in [2.05, 4.69) is 20.8 Å². The maximum absolute atomic E-state index is 11.4. The van der Waals surface area contributed by atoms with Crippen molar-refractivity contribution in [3.63, 3.8) is 0 Å². The summed E-state index contributed by atoms with van der Waals surface area (Å²) in [6.07, 6.45) is -0.288. The molecule has 0 atom stereocenters. The third kappa shape index (κ3) is 3.56. The Kier molecular flexibility index (Phi) is 3.24. The number of amides is 1. The molecule has 0 aromatic rings. The lowest BCUT2D eigenvalue weighted by Crippen LogP contribution is -2.54. The minimum atomic E-state index is -0.288. The first-order valence-electron chi connectivity index (χ1n) is 4.48. The highest BCUT2D eigenvalue weighted by Crippen LogP contribution is 2.23. The van der Waals surface area contributed by atoms with Crippen LogP contribution in [0.3, 0.4) is 0 Å². The number of nitrogens with zero attached hydrogens (tertiary/aromatic N) is 1. The highest BCUT2D eigenvalue weighted by molar-refractivity contribution is 8.01. The van der Waals surface area contributed by atoms with Gasteiger partial charge in [0.1, 0.15) is 0 Å². The maximum atomic E-state index is 11.4. The van der Waals surface area contributed by atoms with Crippen LogP contribution in [0.15, 0.2) is 0 Å². The van der Waals surface area contributed by atoms with Crippen molar-refractivity contribution in [3.05, 3.63) is 0 Å². The second kappa shape index (κ2) is 3.88. The summed E-state index contributed by atoms with van der Waals surface area (Å²) in [5.74, 6) is 0.668. The van der Waals surface area contributed by atoms with Crippen LogP contribution in [0.25, 0.3) is 0 Å². The third-order valence-corrected chi connectivity index (χ3v) is 3.10. The maximum Gasteiger partial charge on any atom is 0.232 e. The Bertz CT molecular complexity index is 194. The van der Waals surface area contributed by atoms with E-state index >= 15 is 0 Å². The molecule has 1 heterocycles. The van der Waals surface area contributed by atoms with Crippen molar-refractivity contribution in [2.45, 2.75) is 31.6 Å². The molecular weight excluding hydrogens is 186 g/mol. The van der Waals surface area contributed by atoms with E-state index in [4.69, 9.17) is 5.11 Å². The number of carbonyl (C=O) groups is 1. The second-order valence-corrected chi connectivity index (χ2v) is 6.16. The Morgan fingerprint density at radius 1 is 1.54 bits per heavy atom. The second-order valence-electron chi connectivity index (χ2n) is 4.35. The smallest absolute Gasteiger partial charge is 0.232 e. The van der Waals surface area contributed by atoms with Crippen molar-refractivity contribution in [2.24, 2.45) is 0 Å². The Hall–Kier alpha value is -0.220. The Labute approximate surface area is 83.5 Å². The molecule has 0 aromatic carbocycles. The van der Waals surface area contributed by atoms with Crippen molar-refractivity contribution in [2.75, 3.05) is 18.8 Å². The first-order valence-corrected chi connectivity index (χ1v) is 5.47. The van der Waals surface area contributed by atoms with Crippen molar-refractivity contribution >= 4 is 17.7 Å². The Balaban J connectivity index is 2.19. The molecule has 1 aliphatic heterocycles. The number of rotatable bonds is 2. The molecule has 0 aliphatic carbocycles. The van der Waals surface area contributed by atoms with Gasteiger partial charge in [-0.3, -0.25) is 4.79 Å². The minimum Gasteiger partial charge on any atom is -0.389 e. The van der Waals surface area contributed by atoms with Crippen molar-refractivity contribution in [1.29, 1.82) is 0 Å². The molecule has 0 saturated carbocycles. The van der Waals surface area contributed by atoms with Gasteiger partial charge in [0, 0.05) is 17.8 Å². The molecule has 1 saturated heterocycles. The molecule has 0 unspecified atom stereocenters. The van der Waals surface area contributed by atoms with Gasteiger partial charge in [-0.2, -0.15) is 0 Å². The molecule has 4 heteroatoms. The van der Waals surface area contributed by atoms with Gasteiger partial charge in [-0.25, -0.2) is 0 Å². The molecule has 1 fully saturated rings. The lowest BCUT2D eigenvalue weighted by Gasteiger charge is -2.36. The highest BCUT2D eigenvalue weighted by atomic mass is 32.2. The Morgan fingerprint density at radius 2 is 2.08 bits per heavy atom. The fourth-order valence-corrected chi connectivity index (χ4v) is 1.77. The summed E-state index contributed by atoms with van der Waals surface area (Å²) in [7, 11) is 0. The monoisotopic (exact) mass is 203 g/mol. The quantitative estimate of drug-likeness (QED) is 0.719. The number of carbonyl (C=O) groups excluding carboxylic acids is 1. The van der Waals surface area contributed by atoms with Crippen molar-refractivity contribution < 1.29 is 9.90 Å². The van der Waals surface area contributed by atoms with Gasteiger partial charge in [-0.05, 0) is 0 Å². The molecule has 1 amide bonds. The fraction of sp³-hybridized carbons (Fsp3) is 0.889. The van der Waals surface area contributed by atoms with Gasteiger partial charge in [0.15, 0.2) is 0 Å². The van der Waals surface area contributed by atoms with Gasteiger partial charge >= 0.3 is 0 Å². The molecule has 76 valence electrons. The van der Waals surface area contributed by atoms with E-state index in [0.29, 0.717) is 18.8 Å². The van der Waals surface area contributed by atoms with E-state index in [1.54, 1.807) is 16.7 Å². The molecule has 0 bridgehead atoms. The summed E-state index contributed by atoms with van der Waals surface area (Å²) in [6, 6.07) is 0. The number of hydrogen-bond acceptors (Lipinski definition) is 3. The molecule has 0 aromatic heterocycles. The van der Waals surface area contributed by atoms with Crippen LogP contribution in [-0.2, 0) is 4.79 Å². The Morgan fingerprint density at radius 3 is 2.46 bits per heavy atom. The van der Waals surface area contributed by atoms with Crippen LogP contribution in [0.1, 0.15) is 20.8 Å². The minimum absolute atomic E-state index is 0.138. The number of aliphatic hydroxyl groups excluding tert-OH is 1. The van der Waals surface area contributed by atoms with E-state index in [1.165, 1.54) is 0 Å². The van der Waals surface area contributed by atoms with Crippen LogP contribution in [0.5, 0.6) is 0 Å². The summed E-state index contributed by atoms with van der Waals surface area (Å²) in [4.78, 5) is 13.1. The van der Waals surface area contributed by atoms with Crippen molar-refractivity contribution in [1.82, 2.24) is 4.90 Å². The molecule has 1 aliphatic rings. The largest absolute Gasteiger partial charge is 0.389 e. The van der Waals surface area contributed by atoms with Crippen LogP contribution in [0.2, 0.25) is 0 Å². The van der Waals surface area contributed by atoms with Gasteiger partial charge in [-0.1, -0.05) is 20.8 Å². The zero-order valence-electron chi connectivity index (χ0n) is 8.41. The van der Waals surface area contributed by atoms with E-state index in [-0.39, 0.29) is 16.8 Å². The van der Waals surface area contributed by atoms with E-state index in [1.807, 2.05) is 0 Å². The normalized spacial score (nSPS) is 18.6. The van der Waals surface area contributed by atoms with Gasteiger partial charge in [-0.15, -0.1) is 11.8 Å². The first kappa shape index (κ1) is 10.9. The summed E-state index contributed by atoms with van der Waals surface area (Å²) in [5, 5.41) is 8.99. The predicted octanol–water partition coefficient (Wildman–Crippen LogP) is 0.721. The molecule has 1 rings (SSSR count). The van der Waals surface area contributed by atoms with E-state index in [9.17, 15) is 4.79 Å². The third-order valence-electron chi connectivity index (χ3n) is 1.84. The lowest BCUT2D eigenvalue weighted by atomic mass is 10.2. The van der Waals surface area contributed by atoms with Gasteiger partial charge in [0.25, 0.3) is 0 Å². The standard InChI is InChI=1S/C9H17NO2S/c1-9(2,3)13-6-8(12)10-4-7(11)5-10/h7,11H,4-6H2,1-3H3. The summed E-state index contributed by atoms with van der Waals surface area (Å²) in [6.45, 7) is 7.31. The zero-order chi connectivity index (χ0) is 10.1. The number of thioether (sulfide) groups is 1. The lowest BCUT2D eigenvalue weighted by molar-refractivity contribution is -0.138. The number of hydrogen-bond donors (Lipinski definition) is 1. The van der Waals surface area contributed by atoms with E-state index < -0.39 is 0 Å². The summed E-state index contributed by atoms with van der Waals surface area (Å²) < 4.78 is 0.138. The first-order chi connectivity index (χ1) is 5.88. The van der Waals surface area contributed by atoms with Crippen LogP contribution in [0, 0.1) is 0 Å². The number of aliphatic hydroxyl groups is 1. The molecule has 3 nitrogen and oxygen atoms in total. The van der Waals surface area contributed by atoms with Gasteiger partial charge < -0.3 is 10.0 Å². The zero-order valence-corrected chi connectivity index (χ0v) is 9.23. The van der Waals surface area contributed by atoms with Crippen LogP contribution < -0.4 is 0 Å². The topological polar surface area (TPSA) is 40.5 Å². The molecule has 0 radical (unpaired) electrons. The average molecular weight is 203 g/mol. The summed E-state index contributed by atoms with van der Waals surface area (Å²) >= 11 is 1.65. The van der Waals surface area contributed by atoms with Crippen LogP contribution >= 0.6 is 11.8 Å². The van der Waals surface area contributed by atoms with Gasteiger partial charge in [0.05, 0.1) is 11.9 Å². The average Bonchev–Trinajstić information content (AvgIpc) is 1.93. The molecular formula is C9H17NO2S. The molecule has 1 N–H and O–H groups in total. The van der Waals surface area contributed by atoms with Gasteiger partial charge in [0.2, 0.25) is 5.91 Å². The fourth-order valence-electron chi connectivity index (χ4n) is 1.03. The van der Waals surface area contributed by atoms with Crippen LogP contribution in [0.4, 0.5) is 0 Å². The number of likely N-dealkylation sites (tertiary alicyclic amines) is 1. The van der Waals surface area contributed by atoms with Crippen molar-refractivity contribution in [3.8, 4) is 0 Å². The summed E-state index contributed by atoms with van der Waals surface area (Å²) in [5.41, 5.74) is 0. The van der Waals surface area contributed by atoms with Crippen LogP contribution in [-0.4, -0.2) is 45.6 Å².